The van der Waals surface area contributed by atoms with Gasteiger partial charge in [0.05, 0.1) is 11.8 Å². The predicted octanol–water partition coefficient (Wildman–Crippen LogP) is 1.07. The number of aromatic carboxylic acids is 1. The van der Waals surface area contributed by atoms with Crippen LogP contribution >= 0.6 is 0 Å². The van der Waals surface area contributed by atoms with Crippen LogP contribution in [0.15, 0.2) is 51.0 Å². The first-order chi connectivity index (χ1) is 11.0. The van der Waals surface area contributed by atoms with Crippen LogP contribution in [-0.2, 0) is 0 Å². The first-order valence-electron chi connectivity index (χ1n) is 6.17. The second-order valence-electron chi connectivity index (χ2n) is 4.15. The van der Waals surface area contributed by atoms with Crippen molar-refractivity contribution in [2.24, 2.45) is 15.9 Å². The standard InChI is InChI=1S/C13H11N5O5/c14-13(17-18(21)22)16-15-7-8-5-6-11(23-8)9-3-1-2-4-10(9)12(19)20/h1-7H,(H,19,20)(H3,14,16,17)/b15-7+. The Balaban J connectivity index is 2.19. The van der Waals surface area contributed by atoms with Crippen molar-refractivity contribution in [3.05, 3.63) is 57.8 Å². The lowest BCUT2D eigenvalue weighted by Gasteiger charge is -2.01. The molecule has 0 aliphatic heterocycles. The van der Waals surface area contributed by atoms with Crippen molar-refractivity contribution in [1.29, 1.82) is 0 Å². The number of hydrazine groups is 1. The van der Waals surface area contributed by atoms with E-state index >= 15 is 0 Å². The lowest BCUT2D eigenvalue weighted by atomic mass is 10.1. The molecule has 0 unspecified atom stereocenters. The van der Waals surface area contributed by atoms with Crippen molar-refractivity contribution in [2.45, 2.75) is 0 Å². The highest BCUT2D eigenvalue weighted by atomic mass is 16.7. The predicted molar refractivity (Wildman–Crippen MR) is 80.4 cm³/mol. The lowest BCUT2D eigenvalue weighted by molar-refractivity contribution is -0.525. The summed E-state index contributed by atoms with van der Waals surface area (Å²) in [6.07, 6.45) is 1.18. The zero-order valence-electron chi connectivity index (χ0n) is 11.5. The quantitative estimate of drug-likeness (QED) is 0.322. The summed E-state index contributed by atoms with van der Waals surface area (Å²) >= 11 is 0. The maximum Gasteiger partial charge on any atom is 0.336 e. The smallest absolute Gasteiger partial charge is 0.336 e. The largest absolute Gasteiger partial charge is 0.478 e. The Hall–Kier alpha value is -3.69. The Morgan fingerprint density at radius 2 is 2.09 bits per heavy atom. The van der Waals surface area contributed by atoms with Crippen molar-refractivity contribution >= 4 is 18.1 Å². The maximum absolute atomic E-state index is 11.2. The molecule has 0 atom stereocenters. The average molecular weight is 317 g/mol. The van der Waals surface area contributed by atoms with Crippen molar-refractivity contribution in [1.82, 2.24) is 5.43 Å². The average Bonchev–Trinajstić information content (AvgIpc) is 2.95. The van der Waals surface area contributed by atoms with Gasteiger partial charge in [-0.25, -0.2) is 14.9 Å². The van der Waals surface area contributed by atoms with Crippen LogP contribution in [-0.4, -0.2) is 28.3 Å². The summed E-state index contributed by atoms with van der Waals surface area (Å²) in [5.41, 5.74) is 7.31. The van der Waals surface area contributed by atoms with E-state index in [4.69, 9.17) is 15.3 Å². The Morgan fingerprint density at radius 3 is 2.78 bits per heavy atom. The van der Waals surface area contributed by atoms with Gasteiger partial charge in [0.15, 0.2) is 5.03 Å². The molecule has 10 nitrogen and oxygen atoms in total. The monoisotopic (exact) mass is 317 g/mol. The van der Waals surface area contributed by atoms with Gasteiger partial charge in [-0.2, -0.15) is 5.10 Å². The minimum Gasteiger partial charge on any atom is -0.478 e. The van der Waals surface area contributed by atoms with Crippen molar-refractivity contribution in [3.8, 4) is 11.3 Å². The fourth-order valence-corrected chi connectivity index (χ4v) is 1.72. The molecule has 0 amide bonds. The summed E-state index contributed by atoms with van der Waals surface area (Å²) in [6.45, 7) is 0. The summed E-state index contributed by atoms with van der Waals surface area (Å²) in [5, 5.41) is 25.2. The van der Waals surface area contributed by atoms with Gasteiger partial charge in [-0.15, -0.1) is 5.10 Å². The van der Waals surface area contributed by atoms with Gasteiger partial charge in [0.1, 0.15) is 11.5 Å². The van der Waals surface area contributed by atoms with Gasteiger partial charge in [0, 0.05) is 5.56 Å². The van der Waals surface area contributed by atoms with Gasteiger partial charge in [-0.1, -0.05) is 23.6 Å². The Bertz CT molecular complexity index is 796. The van der Waals surface area contributed by atoms with Gasteiger partial charge < -0.3 is 15.3 Å². The van der Waals surface area contributed by atoms with Gasteiger partial charge in [0.25, 0.3) is 5.96 Å². The number of carbonyl (C=O) groups is 1. The topological polar surface area (TPSA) is 156 Å². The van der Waals surface area contributed by atoms with E-state index in [0.29, 0.717) is 11.3 Å². The molecule has 2 rings (SSSR count). The number of carboxylic acids is 1. The zero-order valence-corrected chi connectivity index (χ0v) is 11.5. The van der Waals surface area contributed by atoms with Gasteiger partial charge >= 0.3 is 5.97 Å². The van der Waals surface area contributed by atoms with E-state index in [0.717, 1.165) is 0 Å². The highest BCUT2D eigenvalue weighted by molar-refractivity contribution is 5.95. The van der Waals surface area contributed by atoms with Crippen LogP contribution in [0, 0.1) is 10.1 Å². The molecular formula is C13H11N5O5. The minimum absolute atomic E-state index is 0.0998. The van der Waals surface area contributed by atoms with Crippen LogP contribution < -0.4 is 11.2 Å². The molecule has 0 aliphatic rings. The van der Waals surface area contributed by atoms with E-state index in [1.807, 2.05) is 0 Å². The molecule has 0 radical (unpaired) electrons. The summed E-state index contributed by atoms with van der Waals surface area (Å²) in [5.74, 6) is -0.952. The molecule has 0 saturated carbocycles. The Labute approximate surface area is 129 Å². The molecule has 23 heavy (non-hydrogen) atoms. The number of benzene rings is 1. The third kappa shape index (κ3) is 4.14. The summed E-state index contributed by atoms with van der Waals surface area (Å²) in [7, 11) is 0. The fourth-order valence-electron chi connectivity index (χ4n) is 1.72. The number of furan rings is 1. The van der Waals surface area contributed by atoms with Gasteiger partial charge in [0.2, 0.25) is 0 Å². The van der Waals surface area contributed by atoms with E-state index in [9.17, 15) is 14.9 Å². The first-order valence-corrected chi connectivity index (χ1v) is 6.17. The summed E-state index contributed by atoms with van der Waals surface area (Å²) in [6, 6.07) is 9.49. The number of nitrogens with two attached hydrogens (primary N) is 1. The molecule has 118 valence electrons. The van der Waals surface area contributed by atoms with Crippen molar-refractivity contribution in [3.63, 3.8) is 0 Å². The van der Waals surface area contributed by atoms with Gasteiger partial charge in [-0.3, -0.25) is 0 Å². The van der Waals surface area contributed by atoms with E-state index in [1.54, 1.807) is 35.8 Å². The van der Waals surface area contributed by atoms with Crippen LogP contribution in [0.3, 0.4) is 0 Å². The van der Waals surface area contributed by atoms with Crippen molar-refractivity contribution in [2.75, 3.05) is 0 Å². The molecule has 0 spiro atoms. The molecule has 1 aromatic heterocycles. The fraction of sp³-hybridized carbons (Fsp3) is 0. The zero-order chi connectivity index (χ0) is 16.8. The van der Waals surface area contributed by atoms with Crippen LogP contribution in [0.4, 0.5) is 0 Å². The van der Waals surface area contributed by atoms with Crippen LogP contribution in [0.5, 0.6) is 0 Å². The van der Waals surface area contributed by atoms with E-state index in [1.165, 1.54) is 12.3 Å². The third-order valence-electron chi connectivity index (χ3n) is 2.61. The summed E-state index contributed by atoms with van der Waals surface area (Å²) < 4.78 is 5.45. The number of rotatable bonds is 5. The molecule has 0 saturated heterocycles. The Kier molecular flexibility index (Phi) is 4.67. The van der Waals surface area contributed by atoms with Crippen molar-refractivity contribution < 1.29 is 19.4 Å². The Morgan fingerprint density at radius 1 is 1.35 bits per heavy atom. The maximum atomic E-state index is 11.2. The molecule has 0 bridgehead atoms. The van der Waals surface area contributed by atoms with E-state index < -0.39 is 17.0 Å². The number of carboxylic acid groups (broad SMARTS) is 1. The second kappa shape index (κ2) is 6.85. The summed E-state index contributed by atoms with van der Waals surface area (Å²) in [4.78, 5) is 21.3. The molecule has 4 N–H and O–H groups in total. The highest BCUT2D eigenvalue weighted by Crippen LogP contribution is 2.25. The molecule has 0 fully saturated rings. The lowest BCUT2D eigenvalue weighted by Crippen LogP contribution is -2.35. The SMILES string of the molecule is NC(=N/N=C/c1ccc(-c2ccccc2C(=O)O)o1)N[N+](=O)[O-]. The first kappa shape index (κ1) is 15.7. The number of nitro groups is 1. The van der Waals surface area contributed by atoms with Crippen LogP contribution in [0.2, 0.25) is 0 Å². The van der Waals surface area contributed by atoms with Crippen LogP contribution in [0.1, 0.15) is 16.1 Å². The highest BCUT2D eigenvalue weighted by Gasteiger charge is 2.13. The number of guanidine groups is 1. The normalized spacial score (nSPS) is 11.6. The molecule has 1 aromatic carbocycles. The number of hydrogen-bond acceptors (Lipinski definition) is 6. The number of nitrogens with one attached hydrogen (secondary N) is 1. The molecule has 0 aliphatic carbocycles. The second-order valence-corrected chi connectivity index (χ2v) is 4.15. The van der Waals surface area contributed by atoms with E-state index in [-0.39, 0.29) is 11.3 Å². The minimum atomic E-state index is -1.07. The molecule has 10 heteroatoms. The van der Waals surface area contributed by atoms with Crippen LogP contribution in [0.25, 0.3) is 11.3 Å². The molecule has 2 aromatic rings. The number of nitrogens with zero attached hydrogens (tertiary/aromatic N) is 3. The number of hydrogen-bond donors (Lipinski definition) is 3. The van der Waals surface area contributed by atoms with Gasteiger partial charge in [-0.05, 0) is 18.2 Å². The third-order valence-corrected chi connectivity index (χ3v) is 2.61. The van der Waals surface area contributed by atoms with E-state index in [2.05, 4.69) is 10.2 Å². The molecular weight excluding hydrogens is 306 g/mol. The molecule has 1 heterocycles.